The van der Waals surface area contributed by atoms with Crippen molar-refractivity contribution < 1.29 is 13.2 Å². The number of rotatable bonds is 4. The highest BCUT2D eigenvalue weighted by Crippen LogP contribution is 2.36. The molecule has 18 heavy (non-hydrogen) atoms. The molecule has 0 aliphatic rings. The summed E-state index contributed by atoms with van der Waals surface area (Å²) >= 11 is 3.27. The Morgan fingerprint density at radius 2 is 2.00 bits per heavy atom. The molecule has 0 saturated heterocycles. The van der Waals surface area contributed by atoms with Gasteiger partial charge in [0, 0.05) is 10.5 Å². The summed E-state index contributed by atoms with van der Waals surface area (Å²) in [5, 5.41) is 0. The van der Waals surface area contributed by atoms with Crippen LogP contribution in [-0.2, 0) is 6.18 Å². The van der Waals surface area contributed by atoms with Crippen LogP contribution in [0.15, 0.2) is 22.7 Å². The average molecular weight is 325 g/mol. The number of alkyl halides is 3. The van der Waals surface area contributed by atoms with Gasteiger partial charge < -0.3 is 0 Å². The number of hydrazine groups is 1. The summed E-state index contributed by atoms with van der Waals surface area (Å²) in [6, 6.07) is 3.29. The normalized spacial score (nSPS) is 15.5. The van der Waals surface area contributed by atoms with Gasteiger partial charge in [0.2, 0.25) is 0 Å². The highest BCUT2D eigenvalue weighted by Gasteiger charge is 2.32. The van der Waals surface area contributed by atoms with Gasteiger partial charge in [0.25, 0.3) is 0 Å². The van der Waals surface area contributed by atoms with Crippen LogP contribution in [0.3, 0.4) is 0 Å². The van der Waals surface area contributed by atoms with Crippen molar-refractivity contribution in [2.24, 2.45) is 11.8 Å². The van der Waals surface area contributed by atoms with E-state index in [1.54, 1.807) is 0 Å². The molecule has 0 aliphatic carbocycles. The van der Waals surface area contributed by atoms with Gasteiger partial charge in [0.1, 0.15) is 0 Å². The molecule has 3 N–H and O–H groups in total. The van der Waals surface area contributed by atoms with Crippen LogP contribution < -0.4 is 11.3 Å². The van der Waals surface area contributed by atoms with Gasteiger partial charge >= 0.3 is 6.18 Å². The van der Waals surface area contributed by atoms with E-state index in [1.807, 2.05) is 13.8 Å². The topological polar surface area (TPSA) is 38.0 Å². The minimum Gasteiger partial charge on any atom is -0.271 e. The fourth-order valence-corrected chi connectivity index (χ4v) is 2.25. The smallest absolute Gasteiger partial charge is 0.271 e. The number of nitrogens with two attached hydrogens (primary N) is 1. The molecule has 1 rings (SSSR count). The van der Waals surface area contributed by atoms with E-state index in [2.05, 4.69) is 21.4 Å². The Hall–Kier alpha value is -0.590. The Kier molecular flexibility index (Phi) is 5.19. The molecule has 0 amide bonds. The lowest BCUT2D eigenvalue weighted by Crippen LogP contribution is -2.32. The zero-order chi connectivity index (χ0) is 13.9. The third-order valence-corrected chi connectivity index (χ3v) is 3.77. The van der Waals surface area contributed by atoms with Crippen molar-refractivity contribution in [2.75, 3.05) is 0 Å². The SMILES string of the molecule is CCC(C)C(NN)c1cc(C(F)(F)F)ccc1Br. The molecule has 2 atom stereocenters. The molecule has 0 bridgehead atoms. The summed E-state index contributed by atoms with van der Waals surface area (Å²) in [6.07, 6.45) is -3.53. The van der Waals surface area contributed by atoms with E-state index < -0.39 is 11.7 Å². The van der Waals surface area contributed by atoms with Crippen molar-refractivity contribution in [3.63, 3.8) is 0 Å². The molecule has 0 radical (unpaired) electrons. The number of halogens is 4. The Bertz CT molecular complexity index is 407. The molecule has 0 fully saturated rings. The third kappa shape index (κ3) is 3.46. The fraction of sp³-hybridized carbons (Fsp3) is 0.500. The molecule has 0 aliphatic heterocycles. The van der Waals surface area contributed by atoms with Crippen molar-refractivity contribution in [3.05, 3.63) is 33.8 Å². The van der Waals surface area contributed by atoms with Gasteiger partial charge in [-0.25, -0.2) is 0 Å². The lowest BCUT2D eigenvalue weighted by molar-refractivity contribution is -0.137. The van der Waals surface area contributed by atoms with Crippen LogP contribution in [0.2, 0.25) is 0 Å². The van der Waals surface area contributed by atoms with Crippen molar-refractivity contribution in [3.8, 4) is 0 Å². The molecule has 1 aromatic rings. The summed E-state index contributed by atoms with van der Waals surface area (Å²) in [6.45, 7) is 3.91. The van der Waals surface area contributed by atoms with E-state index in [0.717, 1.165) is 18.6 Å². The Balaban J connectivity index is 3.21. The summed E-state index contributed by atoms with van der Waals surface area (Å²) < 4.78 is 38.7. The van der Waals surface area contributed by atoms with Gasteiger partial charge in [-0.05, 0) is 29.7 Å². The predicted molar refractivity (Wildman–Crippen MR) is 68.7 cm³/mol. The van der Waals surface area contributed by atoms with E-state index in [-0.39, 0.29) is 12.0 Å². The minimum absolute atomic E-state index is 0.134. The molecule has 2 nitrogen and oxygen atoms in total. The first-order valence-corrected chi connectivity index (χ1v) is 6.43. The van der Waals surface area contributed by atoms with E-state index in [4.69, 9.17) is 5.84 Å². The highest BCUT2D eigenvalue weighted by molar-refractivity contribution is 9.10. The molecule has 102 valence electrons. The first-order chi connectivity index (χ1) is 8.31. The first kappa shape index (κ1) is 15.5. The van der Waals surface area contributed by atoms with Crippen LogP contribution in [0.25, 0.3) is 0 Å². The average Bonchev–Trinajstić information content (AvgIpc) is 2.30. The quantitative estimate of drug-likeness (QED) is 0.648. The van der Waals surface area contributed by atoms with Crippen LogP contribution in [0.1, 0.15) is 37.4 Å². The largest absolute Gasteiger partial charge is 0.416 e. The van der Waals surface area contributed by atoms with Crippen molar-refractivity contribution in [1.82, 2.24) is 5.43 Å². The van der Waals surface area contributed by atoms with E-state index >= 15 is 0 Å². The predicted octanol–water partition coefficient (Wildman–Crippen LogP) is 4.02. The van der Waals surface area contributed by atoms with Crippen molar-refractivity contribution >= 4 is 15.9 Å². The standard InChI is InChI=1S/C12H16BrF3N2/c1-3-7(2)11(18-17)9-6-8(12(14,15)16)4-5-10(9)13/h4-7,11,18H,3,17H2,1-2H3. The molecule has 0 saturated carbocycles. The molecule has 0 spiro atoms. The minimum atomic E-state index is -4.34. The molecular formula is C12H16BrF3N2. The molecule has 0 aromatic heterocycles. The second-order valence-corrected chi connectivity index (χ2v) is 5.12. The maximum Gasteiger partial charge on any atom is 0.416 e. The van der Waals surface area contributed by atoms with Crippen LogP contribution >= 0.6 is 15.9 Å². The lowest BCUT2D eigenvalue weighted by Gasteiger charge is -2.24. The van der Waals surface area contributed by atoms with Gasteiger partial charge in [-0.1, -0.05) is 36.2 Å². The molecule has 1 aromatic carbocycles. The second kappa shape index (κ2) is 6.04. The number of hydrogen-bond donors (Lipinski definition) is 2. The van der Waals surface area contributed by atoms with Crippen LogP contribution in [0.4, 0.5) is 13.2 Å². The number of benzene rings is 1. The van der Waals surface area contributed by atoms with Crippen LogP contribution in [0, 0.1) is 5.92 Å². The van der Waals surface area contributed by atoms with Crippen molar-refractivity contribution in [1.29, 1.82) is 0 Å². The highest BCUT2D eigenvalue weighted by atomic mass is 79.9. The zero-order valence-electron chi connectivity index (χ0n) is 10.2. The lowest BCUT2D eigenvalue weighted by atomic mass is 9.92. The second-order valence-electron chi connectivity index (χ2n) is 4.26. The first-order valence-electron chi connectivity index (χ1n) is 5.64. The maximum atomic E-state index is 12.7. The van der Waals surface area contributed by atoms with Gasteiger partial charge in [-0.2, -0.15) is 13.2 Å². The fourth-order valence-electron chi connectivity index (χ4n) is 1.75. The molecule has 2 unspecified atom stereocenters. The number of hydrogen-bond acceptors (Lipinski definition) is 2. The molecule has 6 heteroatoms. The monoisotopic (exact) mass is 324 g/mol. The van der Waals surface area contributed by atoms with Crippen LogP contribution in [-0.4, -0.2) is 0 Å². The van der Waals surface area contributed by atoms with Crippen LogP contribution in [0.5, 0.6) is 0 Å². The van der Waals surface area contributed by atoms with Gasteiger partial charge in [-0.3, -0.25) is 11.3 Å². The molecular weight excluding hydrogens is 309 g/mol. The van der Waals surface area contributed by atoms with Gasteiger partial charge in [0.05, 0.1) is 5.56 Å². The van der Waals surface area contributed by atoms with E-state index in [1.165, 1.54) is 6.07 Å². The summed E-state index contributed by atoms with van der Waals surface area (Å²) in [7, 11) is 0. The summed E-state index contributed by atoms with van der Waals surface area (Å²) in [4.78, 5) is 0. The molecule has 0 heterocycles. The Morgan fingerprint density at radius 3 is 2.44 bits per heavy atom. The Morgan fingerprint density at radius 1 is 1.39 bits per heavy atom. The summed E-state index contributed by atoms with van der Waals surface area (Å²) in [5.74, 6) is 5.59. The maximum absolute atomic E-state index is 12.7. The van der Waals surface area contributed by atoms with Crippen molar-refractivity contribution in [2.45, 2.75) is 32.5 Å². The number of nitrogens with one attached hydrogen (secondary N) is 1. The zero-order valence-corrected chi connectivity index (χ0v) is 11.8. The Labute approximate surface area is 113 Å². The van der Waals surface area contributed by atoms with Gasteiger partial charge in [-0.15, -0.1) is 0 Å². The summed E-state index contributed by atoms with van der Waals surface area (Å²) in [5.41, 5.74) is 2.46. The van der Waals surface area contributed by atoms with E-state index in [0.29, 0.717) is 10.0 Å². The van der Waals surface area contributed by atoms with Gasteiger partial charge in [0.15, 0.2) is 0 Å². The van der Waals surface area contributed by atoms with E-state index in [9.17, 15) is 13.2 Å². The third-order valence-electron chi connectivity index (χ3n) is 3.05.